The molecule has 2 heterocycles. The molecule has 0 amide bonds. The predicted molar refractivity (Wildman–Crippen MR) is 68.8 cm³/mol. The Labute approximate surface area is 98.1 Å². The second-order valence-corrected chi connectivity index (χ2v) is 4.94. The minimum Gasteiger partial charge on any atom is -0.258 e. The van der Waals surface area contributed by atoms with E-state index in [1.165, 1.54) is 20.7 Å². The lowest BCUT2D eigenvalue weighted by Crippen LogP contribution is -1.87. The average molecular weight is 228 g/mol. The molecule has 0 fully saturated rings. The Balaban J connectivity index is 2.23. The molecule has 0 saturated heterocycles. The van der Waals surface area contributed by atoms with Crippen LogP contribution in [0.15, 0.2) is 36.4 Å². The summed E-state index contributed by atoms with van der Waals surface area (Å²) in [4.78, 5) is 2.56. The highest BCUT2D eigenvalue weighted by molar-refractivity contribution is 7.21. The van der Waals surface area contributed by atoms with Gasteiger partial charge in [0.05, 0.1) is 5.69 Å². The van der Waals surface area contributed by atoms with Crippen molar-refractivity contribution in [1.82, 2.24) is 9.78 Å². The molecule has 0 aliphatic carbocycles. The minimum absolute atomic E-state index is 1.11. The van der Waals surface area contributed by atoms with Crippen molar-refractivity contribution < 1.29 is 0 Å². The summed E-state index contributed by atoms with van der Waals surface area (Å²) in [6.07, 6.45) is 0. The summed E-state index contributed by atoms with van der Waals surface area (Å²) in [5, 5.41) is 5.68. The Morgan fingerprint density at radius 3 is 2.62 bits per heavy atom. The van der Waals surface area contributed by atoms with Crippen molar-refractivity contribution in [3.05, 3.63) is 42.1 Å². The maximum Gasteiger partial charge on any atom is 0.121 e. The van der Waals surface area contributed by atoms with Crippen LogP contribution < -0.4 is 0 Å². The number of rotatable bonds is 1. The third kappa shape index (κ3) is 1.36. The van der Waals surface area contributed by atoms with E-state index in [4.69, 9.17) is 0 Å². The van der Waals surface area contributed by atoms with Gasteiger partial charge >= 0.3 is 0 Å². The van der Waals surface area contributed by atoms with Crippen LogP contribution in [0, 0.1) is 6.92 Å². The Morgan fingerprint density at radius 2 is 1.94 bits per heavy atom. The van der Waals surface area contributed by atoms with Gasteiger partial charge in [0.15, 0.2) is 0 Å². The van der Waals surface area contributed by atoms with Crippen molar-refractivity contribution >= 4 is 21.6 Å². The van der Waals surface area contributed by atoms with E-state index in [-0.39, 0.29) is 0 Å². The highest BCUT2D eigenvalue weighted by Gasteiger charge is 2.10. The molecule has 0 atom stereocenters. The van der Waals surface area contributed by atoms with E-state index in [2.05, 4.69) is 42.4 Å². The van der Waals surface area contributed by atoms with Gasteiger partial charge in [-0.05, 0) is 18.6 Å². The SMILES string of the molecule is Cc1nn(C)c2sc(-c3ccccc3)cc12. The topological polar surface area (TPSA) is 17.8 Å². The first-order chi connectivity index (χ1) is 7.75. The van der Waals surface area contributed by atoms with Crippen molar-refractivity contribution in [3.8, 4) is 10.4 Å². The van der Waals surface area contributed by atoms with Crippen molar-refractivity contribution in [2.75, 3.05) is 0 Å². The van der Waals surface area contributed by atoms with E-state index >= 15 is 0 Å². The van der Waals surface area contributed by atoms with Crippen LogP contribution in [0.2, 0.25) is 0 Å². The highest BCUT2D eigenvalue weighted by atomic mass is 32.1. The highest BCUT2D eigenvalue weighted by Crippen LogP contribution is 2.34. The Morgan fingerprint density at radius 1 is 1.19 bits per heavy atom. The van der Waals surface area contributed by atoms with E-state index in [1.807, 2.05) is 17.8 Å². The zero-order valence-electron chi connectivity index (χ0n) is 9.27. The number of aryl methyl sites for hydroxylation is 2. The summed E-state index contributed by atoms with van der Waals surface area (Å²) in [6, 6.07) is 12.7. The van der Waals surface area contributed by atoms with Gasteiger partial charge in [-0.25, -0.2) is 0 Å². The van der Waals surface area contributed by atoms with Crippen molar-refractivity contribution in [1.29, 1.82) is 0 Å². The molecule has 16 heavy (non-hydrogen) atoms. The molecule has 0 aliphatic rings. The first-order valence-corrected chi connectivity index (χ1v) is 6.06. The maximum atomic E-state index is 4.41. The Kier molecular flexibility index (Phi) is 2.07. The molecule has 0 radical (unpaired) electrons. The molecule has 2 aromatic heterocycles. The summed E-state index contributed by atoms with van der Waals surface area (Å²) in [5.74, 6) is 0. The van der Waals surface area contributed by atoms with Crippen molar-refractivity contribution in [2.24, 2.45) is 7.05 Å². The third-order valence-corrected chi connectivity index (χ3v) is 4.01. The normalized spacial score (nSPS) is 11.1. The minimum atomic E-state index is 1.11. The molecule has 3 aromatic rings. The number of aromatic nitrogens is 2. The van der Waals surface area contributed by atoms with Crippen LogP contribution in [-0.4, -0.2) is 9.78 Å². The van der Waals surface area contributed by atoms with Crippen LogP contribution in [0.1, 0.15) is 5.69 Å². The van der Waals surface area contributed by atoms with Gasteiger partial charge in [-0.1, -0.05) is 30.3 Å². The molecule has 0 aliphatic heterocycles. The van der Waals surface area contributed by atoms with Crippen LogP contribution in [0.4, 0.5) is 0 Å². The fraction of sp³-hybridized carbons (Fsp3) is 0.154. The molecular formula is C13H12N2S. The van der Waals surface area contributed by atoms with E-state index in [1.54, 1.807) is 11.3 Å². The van der Waals surface area contributed by atoms with Crippen LogP contribution >= 0.6 is 11.3 Å². The summed E-state index contributed by atoms with van der Waals surface area (Å²) < 4.78 is 1.96. The van der Waals surface area contributed by atoms with Gasteiger partial charge < -0.3 is 0 Å². The smallest absolute Gasteiger partial charge is 0.121 e. The lowest BCUT2D eigenvalue weighted by atomic mass is 10.2. The third-order valence-electron chi connectivity index (χ3n) is 2.75. The number of fused-ring (bicyclic) bond motifs is 1. The van der Waals surface area contributed by atoms with E-state index < -0.39 is 0 Å². The average Bonchev–Trinajstić information content (AvgIpc) is 2.83. The molecule has 0 saturated carbocycles. The van der Waals surface area contributed by atoms with Gasteiger partial charge in [0, 0.05) is 17.3 Å². The fourth-order valence-corrected chi connectivity index (χ4v) is 3.08. The standard InChI is InChI=1S/C13H12N2S/c1-9-11-8-12(10-6-4-3-5-7-10)16-13(11)15(2)14-9/h3-8H,1-2H3. The molecule has 0 unspecified atom stereocenters. The molecule has 1 aromatic carbocycles. The molecule has 3 rings (SSSR count). The van der Waals surface area contributed by atoms with Crippen molar-refractivity contribution in [2.45, 2.75) is 6.92 Å². The van der Waals surface area contributed by atoms with Crippen LogP contribution in [0.3, 0.4) is 0 Å². The number of nitrogens with zero attached hydrogens (tertiary/aromatic N) is 2. The molecule has 0 N–H and O–H groups in total. The number of benzene rings is 1. The van der Waals surface area contributed by atoms with Gasteiger partial charge in [-0.2, -0.15) is 5.10 Å². The van der Waals surface area contributed by atoms with Crippen LogP contribution in [0.5, 0.6) is 0 Å². The molecule has 2 nitrogen and oxygen atoms in total. The van der Waals surface area contributed by atoms with Crippen molar-refractivity contribution in [3.63, 3.8) is 0 Å². The largest absolute Gasteiger partial charge is 0.258 e. The first-order valence-electron chi connectivity index (χ1n) is 5.24. The molecule has 80 valence electrons. The van der Waals surface area contributed by atoms with Gasteiger partial charge in [0.2, 0.25) is 0 Å². The molecule has 3 heteroatoms. The second kappa shape index (κ2) is 3.46. The van der Waals surface area contributed by atoms with Gasteiger partial charge in [0.1, 0.15) is 4.83 Å². The predicted octanol–water partition coefficient (Wildman–Crippen LogP) is 3.61. The van der Waals surface area contributed by atoms with E-state index in [0.717, 1.165) is 5.69 Å². The van der Waals surface area contributed by atoms with Gasteiger partial charge in [-0.3, -0.25) is 4.68 Å². The Bertz CT molecular complexity index is 600. The van der Waals surface area contributed by atoms with Gasteiger partial charge in [-0.15, -0.1) is 11.3 Å². The fourth-order valence-electron chi connectivity index (χ4n) is 1.95. The summed E-state index contributed by atoms with van der Waals surface area (Å²) in [7, 11) is 2.00. The molecular weight excluding hydrogens is 216 g/mol. The van der Waals surface area contributed by atoms with Crippen LogP contribution in [0.25, 0.3) is 20.7 Å². The zero-order valence-corrected chi connectivity index (χ0v) is 10.1. The molecule has 0 bridgehead atoms. The zero-order chi connectivity index (χ0) is 11.1. The number of hydrogen-bond donors (Lipinski definition) is 0. The maximum absolute atomic E-state index is 4.41. The number of thiophene rings is 1. The summed E-state index contributed by atoms with van der Waals surface area (Å²) in [5.41, 5.74) is 2.39. The lowest BCUT2D eigenvalue weighted by Gasteiger charge is -1.95. The summed E-state index contributed by atoms with van der Waals surface area (Å²) >= 11 is 1.80. The van der Waals surface area contributed by atoms with E-state index in [0.29, 0.717) is 0 Å². The lowest BCUT2D eigenvalue weighted by molar-refractivity contribution is 0.788. The molecule has 0 spiro atoms. The Hall–Kier alpha value is -1.61. The van der Waals surface area contributed by atoms with E-state index in [9.17, 15) is 0 Å². The monoisotopic (exact) mass is 228 g/mol. The summed E-state index contributed by atoms with van der Waals surface area (Å²) in [6.45, 7) is 2.06. The first kappa shape index (κ1) is 9.60. The second-order valence-electron chi connectivity index (χ2n) is 3.90. The van der Waals surface area contributed by atoms with Crippen LogP contribution in [-0.2, 0) is 7.05 Å². The quantitative estimate of drug-likeness (QED) is 0.622. The van der Waals surface area contributed by atoms with Gasteiger partial charge in [0.25, 0.3) is 0 Å². The number of hydrogen-bond acceptors (Lipinski definition) is 2.